The Morgan fingerprint density at radius 1 is 1.35 bits per heavy atom. The van der Waals surface area contributed by atoms with Crippen molar-refractivity contribution < 1.29 is 0 Å². The van der Waals surface area contributed by atoms with Gasteiger partial charge in [-0.25, -0.2) is 0 Å². The Kier molecular flexibility index (Phi) is 3.07. The first kappa shape index (κ1) is 12.8. The lowest BCUT2D eigenvalue weighted by molar-refractivity contribution is 0.557. The van der Waals surface area contributed by atoms with Crippen molar-refractivity contribution >= 4 is 33.8 Å². The van der Waals surface area contributed by atoms with Crippen molar-refractivity contribution in [1.82, 2.24) is 9.55 Å². The predicted molar refractivity (Wildman–Crippen MR) is 85.3 cm³/mol. The second-order valence-corrected chi connectivity index (χ2v) is 7.53. The zero-order valence-corrected chi connectivity index (χ0v) is 13.0. The molecule has 2 aromatic rings. The lowest BCUT2D eigenvalue weighted by Gasteiger charge is -2.06. The molecule has 0 atom stereocenters. The molecule has 2 heterocycles. The Balaban J connectivity index is 1.75. The number of hydrogen-bond acceptors (Lipinski definition) is 3. The Bertz CT molecular complexity index is 779. The van der Waals surface area contributed by atoms with Crippen LogP contribution in [0.2, 0.25) is 0 Å². The minimum Gasteiger partial charge on any atom is -0.323 e. The van der Waals surface area contributed by atoms with Crippen molar-refractivity contribution in [3.05, 3.63) is 25.6 Å². The van der Waals surface area contributed by atoms with E-state index in [-0.39, 0.29) is 5.56 Å². The van der Waals surface area contributed by atoms with E-state index in [1.807, 2.05) is 0 Å². The Labute approximate surface area is 126 Å². The normalized spacial score (nSPS) is 17.8. The van der Waals surface area contributed by atoms with Crippen molar-refractivity contribution in [3.8, 4) is 0 Å². The molecule has 0 aromatic carbocycles. The monoisotopic (exact) mass is 306 g/mol. The van der Waals surface area contributed by atoms with Gasteiger partial charge in [-0.3, -0.25) is 9.36 Å². The first-order valence-corrected chi connectivity index (χ1v) is 8.74. The van der Waals surface area contributed by atoms with Gasteiger partial charge in [0.15, 0.2) is 4.77 Å². The van der Waals surface area contributed by atoms with E-state index in [2.05, 4.69) is 4.98 Å². The molecule has 0 aliphatic heterocycles. The van der Waals surface area contributed by atoms with Gasteiger partial charge in [0.25, 0.3) is 5.56 Å². The highest BCUT2D eigenvalue weighted by Crippen LogP contribution is 2.35. The molecule has 20 heavy (non-hydrogen) atoms. The van der Waals surface area contributed by atoms with Crippen LogP contribution in [0.3, 0.4) is 0 Å². The zero-order valence-electron chi connectivity index (χ0n) is 11.4. The Morgan fingerprint density at radius 3 is 3.00 bits per heavy atom. The van der Waals surface area contributed by atoms with E-state index in [4.69, 9.17) is 12.2 Å². The van der Waals surface area contributed by atoms with Crippen LogP contribution in [0.1, 0.15) is 42.5 Å². The van der Waals surface area contributed by atoms with Gasteiger partial charge in [-0.15, -0.1) is 11.3 Å². The number of H-pyrrole nitrogens is 1. The number of nitrogens with zero attached hydrogens (tertiary/aromatic N) is 1. The van der Waals surface area contributed by atoms with E-state index in [1.165, 1.54) is 36.1 Å². The summed E-state index contributed by atoms with van der Waals surface area (Å²) in [6.45, 7) is 0.769. The van der Waals surface area contributed by atoms with Gasteiger partial charge in [-0.05, 0) is 55.8 Å². The van der Waals surface area contributed by atoms with Crippen LogP contribution in [0.25, 0.3) is 10.2 Å². The van der Waals surface area contributed by atoms with Crippen LogP contribution in [0.5, 0.6) is 0 Å². The summed E-state index contributed by atoms with van der Waals surface area (Å²) in [7, 11) is 0. The summed E-state index contributed by atoms with van der Waals surface area (Å²) in [5.41, 5.74) is 1.43. The molecular weight excluding hydrogens is 288 g/mol. The maximum atomic E-state index is 12.7. The third-order valence-corrected chi connectivity index (χ3v) is 6.07. The van der Waals surface area contributed by atoms with Crippen LogP contribution in [0.15, 0.2) is 4.79 Å². The standard InChI is InChI=1S/C15H18N2OS2/c18-14-12-10-4-1-5-11(10)20-13(12)16-15(19)17(14)8-2-3-9-6-7-9/h9H,1-8H2,(H,16,19). The number of aromatic amines is 1. The molecule has 106 valence electrons. The van der Waals surface area contributed by atoms with Crippen molar-refractivity contribution in [2.24, 2.45) is 5.92 Å². The lowest BCUT2D eigenvalue weighted by atomic mass is 10.2. The van der Waals surface area contributed by atoms with Crippen LogP contribution in [-0.2, 0) is 19.4 Å². The smallest absolute Gasteiger partial charge is 0.263 e. The van der Waals surface area contributed by atoms with Crippen molar-refractivity contribution in [2.75, 3.05) is 0 Å². The molecule has 0 amide bonds. The van der Waals surface area contributed by atoms with E-state index in [0.29, 0.717) is 4.77 Å². The van der Waals surface area contributed by atoms with Crippen LogP contribution >= 0.6 is 23.6 Å². The SMILES string of the molecule is O=c1c2c3c(sc2[nH]c(=S)n1CCCC1CC1)CCC3. The van der Waals surface area contributed by atoms with Gasteiger partial charge >= 0.3 is 0 Å². The molecule has 0 radical (unpaired) electrons. The minimum absolute atomic E-state index is 0.138. The Hall–Kier alpha value is -0.940. The molecule has 5 heteroatoms. The molecule has 4 rings (SSSR count). The first-order valence-electron chi connectivity index (χ1n) is 7.51. The summed E-state index contributed by atoms with van der Waals surface area (Å²) < 4.78 is 2.38. The quantitative estimate of drug-likeness (QED) is 0.873. The van der Waals surface area contributed by atoms with Gasteiger partial charge in [0.05, 0.1) is 5.39 Å². The maximum Gasteiger partial charge on any atom is 0.263 e. The molecule has 1 saturated carbocycles. The van der Waals surface area contributed by atoms with Crippen molar-refractivity contribution in [2.45, 2.75) is 51.5 Å². The summed E-state index contributed by atoms with van der Waals surface area (Å²) in [5.74, 6) is 0.914. The van der Waals surface area contributed by atoms with Gasteiger partial charge in [-0.2, -0.15) is 0 Å². The molecule has 1 fully saturated rings. The number of aromatic nitrogens is 2. The van der Waals surface area contributed by atoms with Crippen LogP contribution < -0.4 is 5.56 Å². The van der Waals surface area contributed by atoms with Crippen LogP contribution in [-0.4, -0.2) is 9.55 Å². The molecule has 3 nitrogen and oxygen atoms in total. The fraction of sp³-hybridized carbons (Fsp3) is 0.600. The van der Waals surface area contributed by atoms with E-state index in [1.54, 1.807) is 15.9 Å². The second kappa shape index (κ2) is 4.81. The number of rotatable bonds is 4. The fourth-order valence-corrected chi connectivity index (χ4v) is 4.88. The Morgan fingerprint density at radius 2 is 2.20 bits per heavy atom. The summed E-state index contributed by atoms with van der Waals surface area (Å²) in [6, 6.07) is 0. The van der Waals surface area contributed by atoms with Gasteiger partial charge in [0.2, 0.25) is 0 Å². The highest BCUT2D eigenvalue weighted by molar-refractivity contribution is 7.71. The largest absolute Gasteiger partial charge is 0.323 e. The summed E-state index contributed by atoms with van der Waals surface area (Å²) in [4.78, 5) is 18.4. The van der Waals surface area contributed by atoms with E-state index >= 15 is 0 Å². The number of aryl methyl sites for hydroxylation is 2. The minimum atomic E-state index is 0.138. The van der Waals surface area contributed by atoms with Crippen LogP contribution in [0.4, 0.5) is 0 Å². The number of thiophene rings is 1. The average Bonchev–Trinajstić information content (AvgIpc) is 3.01. The molecule has 2 aliphatic rings. The number of hydrogen-bond donors (Lipinski definition) is 1. The molecule has 1 N–H and O–H groups in total. The number of fused-ring (bicyclic) bond motifs is 3. The molecule has 2 aromatic heterocycles. The second-order valence-electron chi connectivity index (χ2n) is 6.03. The molecule has 0 bridgehead atoms. The average molecular weight is 306 g/mol. The first-order chi connectivity index (χ1) is 9.74. The summed E-state index contributed by atoms with van der Waals surface area (Å²) in [6.07, 6.45) is 8.42. The van der Waals surface area contributed by atoms with E-state index < -0.39 is 0 Å². The predicted octanol–water partition coefficient (Wildman–Crippen LogP) is 3.80. The third-order valence-electron chi connectivity index (χ3n) is 4.54. The summed E-state index contributed by atoms with van der Waals surface area (Å²) in [5, 5.41) is 0.919. The zero-order chi connectivity index (χ0) is 13.7. The van der Waals surface area contributed by atoms with Crippen molar-refractivity contribution in [3.63, 3.8) is 0 Å². The highest BCUT2D eigenvalue weighted by Gasteiger charge is 2.22. The van der Waals surface area contributed by atoms with Gasteiger partial charge < -0.3 is 4.98 Å². The highest BCUT2D eigenvalue weighted by atomic mass is 32.1. The summed E-state index contributed by atoms with van der Waals surface area (Å²) >= 11 is 7.11. The molecule has 0 unspecified atom stereocenters. The topological polar surface area (TPSA) is 37.8 Å². The maximum absolute atomic E-state index is 12.7. The van der Waals surface area contributed by atoms with Crippen LogP contribution in [0, 0.1) is 10.7 Å². The van der Waals surface area contributed by atoms with Gasteiger partial charge in [0.1, 0.15) is 4.83 Å². The van der Waals surface area contributed by atoms with E-state index in [9.17, 15) is 4.79 Å². The fourth-order valence-electron chi connectivity index (χ4n) is 3.26. The number of nitrogens with one attached hydrogen (secondary N) is 1. The third kappa shape index (κ3) is 2.07. The molecule has 0 spiro atoms. The van der Waals surface area contributed by atoms with Crippen molar-refractivity contribution in [1.29, 1.82) is 0 Å². The molecule has 2 aliphatic carbocycles. The van der Waals surface area contributed by atoms with E-state index in [0.717, 1.165) is 41.9 Å². The van der Waals surface area contributed by atoms with Gasteiger partial charge in [0, 0.05) is 11.4 Å². The molecule has 0 saturated heterocycles. The van der Waals surface area contributed by atoms with Gasteiger partial charge in [-0.1, -0.05) is 12.8 Å². The molecular formula is C15H18N2OS2. The lowest BCUT2D eigenvalue weighted by Crippen LogP contribution is -2.22.